The number of hydrogen-bond acceptors (Lipinski definition) is 4. The smallest absolute Gasteiger partial charge is 0.235 e. The summed E-state index contributed by atoms with van der Waals surface area (Å²) < 4.78 is 0. The summed E-state index contributed by atoms with van der Waals surface area (Å²) in [6.07, 6.45) is 5.82. The van der Waals surface area contributed by atoms with Gasteiger partial charge in [-0.15, -0.1) is 0 Å². The molecule has 3 rings (SSSR count). The number of pyridine rings is 1. The number of nitrogens with zero attached hydrogens (tertiary/aromatic N) is 2. The number of benzene rings is 1. The Balaban J connectivity index is 1.96. The van der Waals surface area contributed by atoms with E-state index in [2.05, 4.69) is 9.98 Å². The second-order valence-corrected chi connectivity index (χ2v) is 7.28. The van der Waals surface area contributed by atoms with Gasteiger partial charge < -0.3 is 5.73 Å². The van der Waals surface area contributed by atoms with Gasteiger partial charge in [0, 0.05) is 23.7 Å². The van der Waals surface area contributed by atoms with E-state index in [-0.39, 0.29) is 17.7 Å². The third-order valence-corrected chi connectivity index (χ3v) is 5.27. The molecule has 26 heavy (non-hydrogen) atoms. The lowest BCUT2D eigenvalue weighted by atomic mass is 9.67. The van der Waals surface area contributed by atoms with Crippen LogP contribution >= 0.6 is 0 Å². The Labute approximate surface area is 153 Å². The summed E-state index contributed by atoms with van der Waals surface area (Å²) in [5, 5.41) is 0. The molecule has 1 aliphatic carbocycles. The average molecular weight is 349 g/mol. The summed E-state index contributed by atoms with van der Waals surface area (Å²) in [4.78, 5) is 31.8. The second kappa shape index (κ2) is 7.63. The Morgan fingerprint density at radius 2 is 2.04 bits per heavy atom. The van der Waals surface area contributed by atoms with Crippen molar-refractivity contribution in [3.8, 4) is 0 Å². The van der Waals surface area contributed by atoms with Crippen molar-refractivity contribution in [1.82, 2.24) is 4.98 Å². The normalized spacial score (nSPS) is 25.3. The third-order valence-electron chi connectivity index (χ3n) is 5.27. The summed E-state index contributed by atoms with van der Waals surface area (Å²) in [5.41, 5.74) is 8.12. The molecule has 2 aromatic rings. The number of rotatable bonds is 5. The number of hydrogen-bond donors (Lipinski definition) is 1. The van der Waals surface area contributed by atoms with Gasteiger partial charge in [0.05, 0.1) is 5.54 Å². The molecule has 2 N–H and O–H groups in total. The summed E-state index contributed by atoms with van der Waals surface area (Å²) in [6, 6.07) is 13.9. The van der Waals surface area contributed by atoms with Crippen LogP contribution < -0.4 is 5.73 Å². The number of aromatic nitrogens is 1. The Morgan fingerprint density at radius 1 is 1.27 bits per heavy atom. The van der Waals surface area contributed by atoms with Gasteiger partial charge in [-0.25, -0.2) is 4.79 Å². The molecule has 0 radical (unpaired) electrons. The number of isocyanates is 1. The molecule has 5 heteroatoms. The van der Waals surface area contributed by atoms with E-state index in [0.717, 1.165) is 11.3 Å². The fraction of sp³-hybridized carbons (Fsp3) is 0.381. The van der Waals surface area contributed by atoms with Gasteiger partial charge in [0.1, 0.15) is 0 Å². The van der Waals surface area contributed by atoms with Gasteiger partial charge >= 0.3 is 0 Å². The van der Waals surface area contributed by atoms with Crippen LogP contribution in [0.5, 0.6) is 0 Å². The van der Waals surface area contributed by atoms with Crippen molar-refractivity contribution >= 4 is 12.0 Å². The van der Waals surface area contributed by atoms with E-state index >= 15 is 0 Å². The molecule has 1 aromatic heterocycles. The number of amides is 1. The lowest BCUT2D eigenvalue weighted by Crippen LogP contribution is -2.43. The molecule has 1 amide bonds. The number of aryl methyl sites for hydroxylation is 1. The van der Waals surface area contributed by atoms with Crippen LogP contribution in [0.3, 0.4) is 0 Å². The van der Waals surface area contributed by atoms with Crippen molar-refractivity contribution in [2.24, 2.45) is 16.6 Å². The summed E-state index contributed by atoms with van der Waals surface area (Å²) in [5.74, 6) is -0.650. The highest BCUT2D eigenvalue weighted by Crippen LogP contribution is 2.44. The van der Waals surface area contributed by atoms with Crippen molar-refractivity contribution in [2.75, 3.05) is 0 Å². The van der Waals surface area contributed by atoms with Crippen LogP contribution in [0, 0.1) is 12.8 Å². The van der Waals surface area contributed by atoms with Gasteiger partial charge in [0.25, 0.3) is 0 Å². The maximum absolute atomic E-state index is 12.0. The number of carbonyl (C=O) groups is 1. The molecule has 1 aliphatic rings. The van der Waals surface area contributed by atoms with Gasteiger partial charge in [-0.1, -0.05) is 35.9 Å². The van der Waals surface area contributed by atoms with Gasteiger partial charge in [-0.05, 0) is 50.3 Å². The van der Waals surface area contributed by atoms with E-state index < -0.39 is 5.54 Å². The van der Waals surface area contributed by atoms with Crippen LogP contribution in [-0.2, 0) is 16.0 Å². The van der Waals surface area contributed by atoms with E-state index in [0.29, 0.717) is 25.7 Å². The van der Waals surface area contributed by atoms with Crippen LogP contribution in [0.1, 0.15) is 42.0 Å². The Kier molecular flexibility index (Phi) is 5.29. The molecule has 1 aromatic carbocycles. The summed E-state index contributed by atoms with van der Waals surface area (Å²) in [7, 11) is 0. The minimum absolute atomic E-state index is 0.0324. The van der Waals surface area contributed by atoms with Gasteiger partial charge in [0.15, 0.2) is 0 Å². The van der Waals surface area contributed by atoms with Gasteiger partial charge in [-0.2, -0.15) is 4.99 Å². The van der Waals surface area contributed by atoms with E-state index in [9.17, 15) is 9.59 Å². The zero-order chi connectivity index (χ0) is 18.6. The molecule has 134 valence electrons. The number of primary amides is 1. The first-order chi connectivity index (χ1) is 12.5. The minimum atomic E-state index is -0.683. The van der Waals surface area contributed by atoms with E-state index in [4.69, 9.17) is 5.73 Å². The average Bonchev–Trinajstić information content (AvgIpc) is 2.64. The number of nitrogens with two attached hydrogens (primary N) is 1. The molecule has 1 heterocycles. The molecule has 0 saturated heterocycles. The van der Waals surface area contributed by atoms with Crippen LogP contribution in [-0.4, -0.2) is 22.5 Å². The van der Waals surface area contributed by atoms with E-state index in [1.807, 2.05) is 49.4 Å². The van der Waals surface area contributed by atoms with E-state index in [1.165, 1.54) is 5.56 Å². The minimum Gasteiger partial charge on any atom is -0.369 e. The van der Waals surface area contributed by atoms with Gasteiger partial charge in [0.2, 0.25) is 12.0 Å². The number of carbonyl (C=O) groups excluding carboxylic acids is 2. The zero-order valence-electron chi connectivity index (χ0n) is 14.9. The molecule has 1 fully saturated rings. The van der Waals surface area contributed by atoms with Crippen LogP contribution in [0.4, 0.5) is 0 Å². The molecule has 5 nitrogen and oxygen atoms in total. The Hall–Kier alpha value is -2.78. The van der Waals surface area contributed by atoms with Crippen LogP contribution in [0.25, 0.3) is 0 Å². The fourth-order valence-corrected chi connectivity index (χ4v) is 4.03. The van der Waals surface area contributed by atoms with Crippen LogP contribution in [0.15, 0.2) is 53.7 Å². The van der Waals surface area contributed by atoms with Crippen molar-refractivity contribution in [2.45, 2.75) is 44.1 Å². The monoisotopic (exact) mass is 349 g/mol. The topological polar surface area (TPSA) is 85.4 Å². The highest BCUT2D eigenvalue weighted by atomic mass is 16.1. The summed E-state index contributed by atoms with van der Waals surface area (Å²) >= 11 is 0. The predicted octanol–water partition coefficient (Wildman–Crippen LogP) is 3.08. The lowest BCUT2D eigenvalue weighted by Gasteiger charge is -2.40. The fourth-order valence-electron chi connectivity index (χ4n) is 4.03. The van der Waals surface area contributed by atoms with Crippen molar-refractivity contribution in [1.29, 1.82) is 0 Å². The molecule has 3 unspecified atom stereocenters. The Bertz CT molecular complexity index is 813. The quantitative estimate of drug-likeness (QED) is 0.665. The first kappa shape index (κ1) is 18.0. The zero-order valence-corrected chi connectivity index (χ0v) is 14.9. The third kappa shape index (κ3) is 4.06. The summed E-state index contributed by atoms with van der Waals surface area (Å²) in [6.45, 7) is 2.03. The molecule has 3 atom stereocenters. The molecule has 1 saturated carbocycles. The number of aliphatic imine (C=N–C) groups is 1. The Morgan fingerprint density at radius 3 is 2.65 bits per heavy atom. The highest BCUT2D eigenvalue weighted by Gasteiger charge is 2.43. The van der Waals surface area contributed by atoms with Crippen molar-refractivity contribution in [3.63, 3.8) is 0 Å². The second-order valence-electron chi connectivity index (χ2n) is 7.28. The predicted molar refractivity (Wildman–Crippen MR) is 99.2 cm³/mol. The molecule has 0 aliphatic heterocycles. The molecule has 0 spiro atoms. The highest BCUT2D eigenvalue weighted by molar-refractivity contribution is 5.77. The van der Waals surface area contributed by atoms with Crippen LogP contribution in [0.2, 0.25) is 0 Å². The maximum atomic E-state index is 12.0. The SMILES string of the molecule is Cc1ccc(CC2(N=C=O)CC(C(N)=O)CC(c3ccccn3)C2)cc1. The first-order valence-electron chi connectivity index (χ1n) is 8.86. The molecular formula is C21H23N3O2. The standard InChI is InChI=1S/C21H23N3O2/c1-15-5-7-16(8-6-15)11-21(24-14-25)12-17(10-18(13-21)20(22)26)19-4-2-3-9-23-19/h2-9,17-18H,10-13H2,1H3,(H2,22,26). The lowest BCUT2D eigenvalue weighted by molar-refractivity contribution is -0.123. The van der Waals surface area contributed by atoms with E-state index in [1.54, 1.807) is 12.3 Å². The van der Waals surface area contributed by atoms with Crippen molar-refractivity contribution in [3.05, 3.63) is 65.5 Å². The van der Waals surface area contributed by atoms with Gasteiger partial charge in [-0.3, -0.25) is 9.78 Å². The first-order valence-corrected chi connectivity index (χ1v) is 8.86. The molecular weight excluding hydrogens is 326 g/mol. The maximum Gasteiger partial charge on any atom is 0.235 e. The van der Waals surface area contributed by atoms with Crippen molar-refractivity contribution < 1.29 is 9.59 Å². The largest absolute Gasteiger partial charge is 0.369 e. The molecule has 0 bridgehead atoms.